The van der Waals surface area contributed by atoms with Gasteiger partial charge in [-0.25, -0.2) is 4.79 Å². The van der Waals surface area contributed by atoms with Gasteiger partial charge >= 0.3 is 5.97 Å². The van der Waals surface area contributed by atoms with Crippen LogP contribution in [0.2, 0.25) is 0 Å². The summed E-state index contributed by atoms with van der Waals surface area (Å²) in [6.45, 7) is 10.5. The fourth-order valence-corrected chi connectivity index (χ4v) is 2.26. The Bertz CT molecular complexity index is 445. The summed E-state index contributed by atoms with van der Waals surface area (Å²) >= 11 is 0. The van der Waals surface area contributed by atoms with E-state index in [-0.39, 0.29) is 12.0 Å². The minimum absolute atomic E-state index is 0.138. The van der Waals surface area contributed by atoms with Gasteiger partial charge in [0.2, 0.25) is 0 Å². The molecular weight excluding hydrogens is 254 g/mol. The fourth-order valence-electron chi connectivity index (χ4n) is 2.26. The van der Waals surface area contributed by atoms with Crippen LogP contribution < -0.4 is 10.1 Å². The summed E-state index contributed by atoms with van der Waals surface area (Å²) in [6.07, 6.45) is 0. The average Bonchev–Trinajstić information content (AvgIpc) is 2.39. The normalized spacial score (nSPS) is 13.9. The molecule has 0 amide bonds. The van der Waals surface area contributed by atoms with Crippen LogP contribution in [0.3, 0.4) is 0 Å². The number of hydrogen-bond acceptors (Lipinski definition) is 4. The number of carbonyl (C=O) groups excluding carboxylic acids is 1. The van der Waals surface area contributed by atoms with Gasteiger partial charge in [-0.05, 0) is 40.7 Å². The lowest BCUT2D eigenvalue weighted by Gasteiger charge is -2.32. The van der Waals surface area contributed by atoms with Crippen molar-refractivity contribution in [2.45, 2.75) is 46.2 Å². The van der Waals surface area contributed by atoms with E-state index in [4.69, 9.17) is 9.47 Å². The first kappa shape index (κ1) is 16.5. The average molecular weight is 279 g/mol. The first-order valence-electron chi connectivity index (χ1n) is 7.12. The lowest BCUT2D eigenvalue weighted by Crippen LogP contribution is -2.50. The van der Waals surface area contributed by atoms with E-state index in [1.165, 1.54) is 0 Å². The first-order valence-corrected chi connectivity index (χ1v) is 7.12. The van der Waals surface area contributed by atoms with E-state index < -0.39 is 5.54 Å². The maximum Gasteiger partial charge on any atom is 0.330 e. The summed E-state index contributed by atoms with van der Waals surface area (Å²) in [4.78, 5) is 12.4. The van der Waals surface area contributed by atoms with Crippen molar-refractivity contribution in [2.24, 2.45) is 0 Å². The molecule has 0 saturated heterocycles. The molecule has 0 spiro atoms. The highest BCUT2D eigenvalue weighted by atomic mass is 16.5. The summed E-state index contributed by atoms with van der Waals surface area (Å²) in [5.41, 5.74) is -0.121. The van der Waals surface area contributed by atoms with Crippen molar-refractivity contribution in [3.8, 4) is 5.75 Å². The SMILES string of the molecule is CCOC(=O)C(C)(NC(C)C)c1ccccc1OCC. The van der Waals surface area contributed by atoms with E-state index in [9.17, 15) is 4.79 Å². The van der Waals surface area contributed by atoms with Crippen LogP contribution in [0.15, 0.2) is 24.3 Å². The second-order valence-electron chi connectivity index (χ2n) is 5.07. The maximum absolute atomic E-state index is 12.4. The predicted molar refractivity (Wildman–Crippen MR) is 79.9 cm³/mol. The van der Waals surface area contributed by atoms with Gasteiger partial charge in [-0.15, -0.1) is 0 Å². The van der Waals surface area contributed by atoms with Gasteiger partial charge in [-0.3, -0.25) is 5.32 Å². The van der Waals surface area contributed by atoms with Gasteiger partial charge in [-0.2, -0.15) is 0 Å². The van der Waals surface area contributed by atoms with Gasteiger partial charge in [0.1, 0.15) is 11.3 Å². The van der Waals surface area contributed by atoms with Crippen LogP contribution in [0.25, 0.3) is 0 Å². The molecule has 1 aromatic rings. The largest absolute Gasteiger partial charge is 0.494 e. The number of rotatable bonds is 7. The third-order valence-electron chi connectivity index (χ3n) is 2.99. The predicted octanol–water partition coefficient (Wildman–Crippen LogP) is 2.86. The minimum atomic E-state index is -0.921. The molecule has 1 atom stereocenters. The molecule has 1 unspecified atom stereocenters. The van der Waals surface area contributed by atoms with Gasteiger partial charge in [0.05, 0.1) is 13.2 Å². The number of esters is 1. The molecule has 0 aliphatic heterocycles. The van der Waals surface area contributed by atoms with Gasteiger partial charge in [0, 0.05) is 11.6 Å². The van der Waals surface area contributed by atoms with E-state index in [0.717, 1.165) is 5.56 Å². The Morgan fingerprint density at radius 1 is 1.25 bits per heavy atom. The topological polar surface area (TPSA) is 47.6 Å². The van der Waals surface area contributed by atoms with Crippen LogP contribution in [0.4, 0.5) is 0 Å². The van der Waals surface area contributed by atoms with Crippen LogP contribution in [-0.2, 0) is 15.1 Å². The molecule has 4 heteroatoms. The van der Waals surface area contributed by atoms with Gasteiger partial charge in [0.25, 0.3) is 0 Å². The third kappa shape index (κ3) is 3.73. The van der Waals surface area contributed by atoms with Crippen molar-refractivity contribution in [3.63, 3.8) is 0 Å². The smallest absolute Gasteiger partial charge is 0.330 e. The molecule has 20 heavy (non-hydrogen) atoms. The van der Waals surface area contributed by atoms with E-state index in [0.29, 0.717) is 19.0 Å². The highest BCUT2D eigenvalue weighted by Crippen LogP contribution is 2.31. The Hall–Kier alpha value is -1.55. The van der Waals surface area contributed by atoms with Crippen molar-refractivity contribution < 1.29 is 14.3 Å². The summed E-state index contributed by atoms with van der Waals surface area (Å²) in [6, 6.07) is 7.71. The quantitative estimate of drug-likeness (QED) is 0.780. The standard InChI is InChI=1S/C16H25NO3/c1-6-19-14-11-9-8-10-13(14)16(5,17-12(3)4)15(18)20-7-2/h8-12,17H,6-7H2,1-5H3. The van der Waals surface area contributed by atoms with Crippen molar-refractivity contribution >= 4 is 5.97 Å². The van der Waals surface area contributed by atoms with Gasteiger partial charge < -0.3 is 9.47 Å². The maximum atomic E-state index is 12.4. The van der Waals surface area contributed by atoms with Crippen molar-refractivity contribution in [1.82, 2.24) is 5.32 Å². The van der Waals surface area contributed by atoms with E-state index >= 15 is 0 Å². The molecule has 1 N–H and O–H groups in total. The molecule has 0 radical (unpaired) electrons. The molecule has 0 bridgehead atoms. The number of carbonyl (C=O) groups is 1. The fraction of sp³-hybridized carbons (Fsp3) is 0.562. The number of nitrogens with one attached hydrogen (secondary N) is 1. The highest BCUT2D eigenvalue weighted by Gasteiger charge is 2.39. The Morgan fingerprint density at radius 2 is 1.90 bits per heavy atom. The Labute approximate surface area is 121 Å². The van der Waals surface area contributed by atoms with Crippen molar-refractivity contribution in [3.05, 3.63) is 29.8 Å². The van der Waals surface area contributed by atoms with Crippen molar-refractivity contribution in [1.29, 1.82) is 0 Å². The van der Waals surface area contributed by atoms with Crippen LogP contribution in [0, 0.1) is 0 Å². The van der Waals surface area contributed by atoms with Crippen molar-refractivity contribution in [2.75, 3.05) is 13.2 Å². The van der Waals surface area contributed by atoms with Crippen LogP contribution in [0.5, 0.6) is 5.75 Å². The summed E-state index contributed by atoms with van der Waals surface area (Å²) in [5.74, 6) is 0.416. The van der Waals surface area contributed by atoms with Gasteiger partial charge in [0.15, 0.2) is 0 Å². The van der Waals surface area contributed by atoms with Gasteiger partial charge in [-0.1, -0.05) is 18.2 Å². The molecule has 0 heterocycles. The Morgan fingerprint density at radius 3 is 2.45 bits per heavy atom. The zero-order valence-corrected chi connectivity index (χ0v) is 13.0. The summed E-state index contributed by atoms with van der Waals surface area (Å²) < 4.78 is 10.9. The summed E-state index contributed by atoms with van der Waals surface area (Å²) in [7, 11) is 0. The Balaban J connectivity index is 3.26. The number of ether oxygens (including phenoxy) is 2. The van der Waals surface area contributed by atoms with Crippen LogP contribution in [0.1, 0.15) is 40.2 Å². The first-order chi connectivity index (χ1) is 9.45. The number of benzene rings is 1. The molecule has 0 aromatic heterocycles. The monoisotopic (exact) mass is 279 g/mol. The van der Waals surface area contributed by atoms with E-state index in [2.05, 4.69) is 5.32 Å². The Kier molecular flexibility index (Phi) is 6.02. The molecule has 0 aliphatic rings. The lowest BCUT2D eigenvalue weighted by atomic mass is 9.90. The third-order valence-corrected chi connectivity index (χ3v) is 2.99. The number of para-hydroxylation sites is 1. The second kappa shape index (κ2) is 7.29. The molecular formula is C16H25NO3. The molecule has 0 saturated carbocycles. The second-order valence-corrected chi connectivity index (χ2v) is 5.07. The molecule has 4 nitrogen and oxygen atoms in total. The molecule has 0 fully saturated rings. The minimum Gasteiger partial charge on any atom is -0.494 e. The zero-order chi connectivity index (χ0) is 15.2. The summed E-state index contributed by atoms with van der Waals surface area (Å²) in [5, 5.41) is 3.30. The van der Waals surface area contributed by atoms with E-state index in [1.807, 2.05) is 58.9 Å². The molecule has 1 rings (SSSR count). The lowest BCUT2D eigenvalue weighted by molar-refractivity contribution is -0.151. The van der Waals surface area contributed by atoms with Crippen LogP contribution in [-0.4, -0.2) is 25.2 Å². The highest BCUT2D eigenvalue weighted by molar-refractivity contribution is 5.83. The number of hydrogen-bond donors (Lipinski definition) is 1. The molecule has 1 aromatic carbocycles. The molecule has 0 aliphatic carbocycles. The molecule has 112 valence electrons. The van der Waals surface area contributed by atoms with Crippen LogP contribution >= 0.6 is 0 Å². The van der Waals surface area contributed by atoms with E-state index in [1.54, 1.807) is 0 Å². The zero-order valence-electron chi connectivity index (χ0n) is 13.0.